The molecule has 0 aliphatic heterocycles. The van der Waals surface area contributed by atoms with Gasteiger partial charge in [-0.2, -0.15) is 17.6 Å². The summed E-state index contributed by atoms with van der Waals surface area (Å²) in [5.41, 5.74) is -1.79. The van der Waals surface area contributed by atoms with E-state index in [1.54, 1.807) is 6.07 Å². The Morgan fingerprint density at radius 1 is 1.15 bits per heavy atom. The minimum absolute atomic E-state index is 0.0397. The van der Waals surface area contributed by atoms with E-state index in [1.165, 1.54) is 38.2 Å². The van der Waals surface area contributed by atoms with Crippen molar-refractivity contribution in [3.8, 4) is 11.5 Å². The van der Waals surface area contributed by atoms with Gasteiger partial charge in [0.2, 0.25) is 5.95 Å². The summed E-state index contributed by atoms with van der Waals surface area (Å²) in [7, 11) is 1.48. The number of carbonyl (C=O) groups excluding carboxylic acids is 1. The zero-order valence-corrected chi connectivity index (χ0v) is 18.4. The smallest absolute Gasteiger partial charge is 0.433 e. The van der Waals surface area contributed by atoms with Crippen LogP contribution in [0.25, 0.3) is 0 Å². The van der Waals surface area contributed by atoms with Gasteiger partial charge in [0.25, 0.3) is 5.91 Å². The number of hydrogen-bond donors (Lipinski definition) is 2. The summed E-state index contributed by atoms with van der Waals surface area (Å²) >= 11 is -1.54. The Morgan fingerprint density at radius 2 is 1.88 bits per heavy atom. The predicted molar refractivity (Wildman–Crippen MR) is 113 cm³/mol. The zero-order valence-electron chi connectivity index (χ0n) is 17.6. The molecular formula is C21H18F4N4O3S. The Balaban J connectivity index is 2.04. The maximum absolute atomic E-state index is 13.4. The van der Waals surface area contributed by atoms with Crippen molar-refractivity contribution >= 4 is 23.0 Å². The summed E-state index contributed by atoms with van der Waals surface area (Å²) in [5.74, 6) is -1.91. The van der Waals surface area contributed by atoms with Crippen molar-refractivity contribution in [3.63, 3.8) is 0 Å². The summed E-state index contributed by atoms with van der Waals surface area (Å²) in [6, 6.07) is 8.25. The average molecular weight is 482 g/mol. The number of halogens is 4. The number of hydrogen-bond acceptors (Lipinski definition) is 6. The monoisotopic (exact) mass is 482 g/mol. The van der Waals surface area contributed by atoms with Gasteiger partial charge in [-0.1, -0.05) is 6.07 Å². The summed E-state index contributed by atoms with van der Waals surface area (Å²) in [4.78, 5) is 20.4. The minimum atomic E-state index is -4.81. The van der Waals surface area contributed by atoms with E-state index in [4.69, 9.17) is 4.74 Å². The summed E-state index contributed by atoms with van der Waals surface area (Å²) in [5, 5.41) is 2.50. The van der Waals surface area contributed by atoms with E-state index in [2.05, 4.69) is 20.0 Å². The van der Waals surface area contributed by atoms with Crippen LogP contribution in [0.5, 0.6) is 11.5 Å². The number of alkyl halides is 3. The molecule has 0 saturated carbocycles. The fourth-order valence-corrected chi connectivity index (χ4v) is 3.65. The molecule has 0 saturated heterocycles. The second-order valence-electron chi connectivity index (χ2n) is 6.74. The van der Waals surface area contributed by atoms with Gasteiger partial charge in [0.15, 0.2) is 10.6 Å². The van der Waals surface area contributed by atoms with Gasteiger partial charge < -0.3 is 14.6 Å². The maximum Gasteiger partial charge on any atom is 0.433 e. The van der Waals surface area contributed by atoms with Gasteiger partial charge >= 0.3 is 6.18 Å². The quantitative estimate of drug-likeness (QED) is 0.304. The van der Waals surface area contributed by atoms with Crippen LogP contribution in [0, 0.1) is 19.8 Å². The van der Waals surface area contributed by atoms with Gasteiger partial charge in [-0.15, -0.1) is 4.72 Å². The highest BCUT2D eigenvalue weighted by atomic mass is 32.2. The normalized spacial score (nSPS) is 12.4. The molecule has 3 aromatic rings. The van der Waals surface area contributed by atoms with Gasteiger partial charge in [-0.25, -0.2) is 9.97 Å². The van der Waals surface area contributed by atoms with E-state index < -0.39 is 46.2 Å². The molecule has 0 unspecified atom stereocenters. The number of benzene rings is 1. The summed E-state index contributed by atoms with van der Waals surface area (Å²) in [6.45, 7) is 2.54. The molecule has 2 heterocycles. The molecule has 0 aliphatic rings. The maximum atomic E-state index is 13.4. The molecule has 1 aromatic carbocycles. The SMILES string of the molecule is CN[S@+]([O-])c1cccc(NC(=O)c2c(Oc3ccc(F)nc3C)cnc(C(F)(F)F)c2C)c1. The Kier molecular flexibility index (Phi) is 7.20. The molecule has 2 N–H and O–H groups in total. The molecule has 12 heteroatoms. The number of aromatic nitrogens is 2. The standard InChI is InChI=1S/C21H18F4N4O3S/c1-11-18(20(30)29-13-5-4-6-14(9-13)33(31)26-3)16(10-27-19(11)21(23,24)25)32-15-7-8-17(22)28-12(15)2/h4-10,26H,1-3H3,(H,29,30)/t33-/m1/s1. The van der Waals surface area contributed by atoms with Crippen LogP contribution >= 0.6 is 0 Å². The molecule has 33 heavy (non-hydrogen) atoms. The van der Waals surface area contributed by atoms with E-state index >= 15 is 0 Å². The molecule has 1 atom stereocenters. The summed E-state index contributed by atoms with van der Waals surface area (Å²) in [6.07, 6.45) is -4.03. The number of ether oxygens (including phenoxy) is 1. The first-order valence-corrected chi connectivity index (χ1v) is 10.5. The lowest BCUT2D eigenvalue weighted by Crippen LogP contribution is -2.21. The molecule has 0 fully saturated rings. The van der Waals surface area contributed by atoms with Crippen molar-refractivity contribution in [2.45, 2.75) is 24.9 Å². The largest absolute Gasteiger partial charge is 0.593 e. The third kappa shape index (κ3) is 5.59. The third-order valence-corrected chi connectivity index (χ3v) is 5.55. The van der Waals surface area contributed by atoms with Crippen molar-refractivity contribution in [3.05, 3.63) is 71.1 Å². The second-order valence-corrected chi connectivity index (χ2v) is 8.16. The first kappa shape index (κ1) is 24.4. The molecule has 0 aliphatic carbocycles. The number of pyridine rings is 2. The molecule has 0 radical (unpaired) electrons. The van der Waals surface area contributed by atoms with Crippen LogP contribution in [0.3, 0.4) is 0 Å². The van der Waals surface area contributed by atoms with Crippen molar-refractivity contribution in [2.24, 2.45) is 0 Å². The Bertz CT molecular complexity index is 1190. The van der Waals surface area contributed by atoms with Crippen LogP contribution in [-0.2, 0) is 17.5 Å². The number of carbonyl (C=O) groups is 1. The highest BCUT2D eigenvalue weighted by molar-refractivity contribution is 7.89. The molecule has 2 aromatic heterocycles. The van der Waals surface area contributed by atoms with Gasteiger partial charge in [-0.05, 0) is 43.7 Å². The van der Waals surface area contributed by atoms with Crippen molar-refractivity contribution < 1.29 is 31.6 Å². The molecule has 7 nitrogen and oxygen atoms in total. The average Bonchev–Trinajstić information content (AvgIpc) is 2.74. The lowest BCUT2D eigenvalue weighted by molar-refractivity contribution is -0.141. The number of amides is 1. The van der Waals surface area contributed by atoms with E-state index in [1.807, 2.05) is 0 Å². The third-order valence-electron chi connectivity index (χ3n) is 4.50. The molecule has 1 amide bonds. The zero-order chi connectivity index (χ0) is 24.3. The Morgan fingerprint density at radius 3 is 2.52 bits per heavy atom. The second kappa shape index (κ2) is 9.73. The van der Waals surface area contributed by atoms with Crippen LogP contribution in [0.2, 0.25) is 0 Å². The van der Waals surface area contributed by atoms with Crippen LogP contribution in [-0.4, -0.2) is 27.5 Å². The number of aryl methyl sites for hydroxylation is 1. The van der Waals surface area contributed by atoms with E-state index in [0.717, 1.165) is 19.2 Å². The fraction of sp³-hybridized carbons (Fsp3) is 0.190. The number of nitrogens with one attached hydrogen (secondary N) is 2. The van der Waals surface area contributed by atoms with Crippen LogP contribution in [0.1, 0.15) is 27.3 Å². The lowest BCUT2D eigenvalue weighted by Gasteiger charge is -2.18. The highest BCUT2D eigenvalue weighted by Crippen LogP contribution is 2.36. The van der Waals surface area contributed by atoms with Gasteiger partial charge in [0, 0.05) is 18.8 Å². The number of nitrogens with zero attached hydrogens (tertiary/aromatic N) is 2. The molecular weight excluding hydrogens is 464 g/mol. The van der Waals surface area contributed by atoms with Crippen molar-refractivity contribution in [1.29, 1.82) is 0 Å². The van der Waals surface area contributed by atoms with Gasteiger partial charge in [0.05, 0.1) is 28.8 Å². The fourth-order valence-electron chi connectivity index (χ4n) is 2.98. The highest BCUT2D eigenvalue weighted by Gasteiger charge is 2.37. The van der Waals surface area contributed by atoms with Gasteiger partial charge in [0.1, 0.15) is 11.4 Å². The predicted octanol–water partition coefficient (Wildman–Crippen LogP) is 4.54. The first-order valence-electron chi connectivity index (χ1n) is 9.39. The molecule has 0 bridgehead atoms. The van der Waals surface area contributed by atoms with Gasteiger partial charge in [-0.3, -0.25) is 4.79 Å². The van der Waals surface area contributed by atoms with Crippen molar-refractivity contribution in [1.82, 2.24) is 14.7 Å². The molecule has 0 spiro atoms. The first-order chi connectivity index (χ1) is 15.5. The molecule has 174 valence electrons. The minimum Gasteiger partial charge on any atom is -0.593 e. The van der Waals surface area contributed by atoms with E-state index in [9.17, 15) is 26.9 Å². The van der Waals surface area contributed by atoms with E-state index in [0.29, 0.717) is 4.90 Å². The molecule has 3 rings (SSSR count). The van der Waals surface area contributed by atoms with Crippen molar-refractivity contribution in [2.75, 3.05) is 12.4 Å². The topological polar surface area (TPSA) is 99.2 Å². The lowest BCUT2D eigenvalue weighted by atomic mass is 10.1. The number of anilines is 1. The summed E-state index contributed by atoms with van der Waals surface area (Å²) < 4.78 is 73.7. The number of rotatable bonds is 6. The Labute approximate surface area is 189 Å². The van der Waals surface area contributed by atoms with Crippen LogP contribution in [0.15, 0.2) is 47.5 Å². The van der Waals surface area contributed by atoms with Crippen LogP contribution < -0.4 is 14.8 Å². The Hall–Kier alpha value is -3.22. The van der Waals surface area contributed by atoms with Crippen LogP contribution in [0.4, 0.5) is 23.2 Å². The van der Waals surface area contributed by atoms with E-state index in [-0.39, 0.29) is 22.9 Å².